The van der Waals surface area contributed by atoms with Crippen LogP contribution in [0.4, 0.5) is 4.39 Å². The van der Waals surface area contributed by atoms with E-state index in [2.05, 4.69) is 20.5 Å². The summed E-state index contributed by atoms with van der Waals surface area (Å²) in [6.45, 7) is 2.03. The molecular formula is C20H17FN4O2S. The van der Waals surface area contributed by atoms with E-state index in [0.29, 0.717) is 23.2 Å². The Bertz CT molecular complexity index is 1140. The summed E-state index contributed by atoms with van der Waals surface area (Å²) in [5.74, 6) is 0.129. The number of amides is 1. The second-order valence-corrected chi connectivity index (χ2v) is 7.20. The first-order chi connectivity index (χ1) is 13.6. The van der Waals surface area contributed by atoms with Crippen molar-refractivity contribution < 1.29 is 13.6 Å². The number of nitrogens with zero attached hydrogens (tertiary/aromatic N) is 2. The Hall–Kier alpha value is -3.13. The fraction of sp³-hybridized carbons (Fsp3) is 0.150. The number of aromatic amines is 1. The first-order valence-corrected chi connectivity index (χ1v) is 9.63. The number of aromatic nitrogens is 3. The van der Waals surface area contributed by atoms with E-state index >= 15 is 0 Å². The van der Waals surface area contributed by atoms with Gasteiger partial charge in [-0.15, -0.1) is 10.2 Å². The molecule has 0 aliphatic carbocycles. The van der Waals surface area contributed by atoms with Crippen LogP contribution in [0, 0.1) is 12.7 Å². The number of carbonyl (C=O) groups is 1. The van der Waals surface area contributed by atoms with Gasteiger partial charge in [0.15, 0.2) is 0 Å². The van der Waals surface area contributed by atoms with Crippen LogP contribution in [-0.4, -0.2) is 26.8 Å². The Kier molecular flexibility index (Phi) is 5.12. The van der Waals surface area contributed by atoms with Gasteiger partial charge in [0.1, 0.15) is 5.82 Å². The maximum atomic E-state index is 13.3. The van der Waals surface area contributed by atoms with Crippen LogP contribution in [0.1, 0.15) is 11.1 Å². The highest BCUT2D eigenvalue weighted by Crippen LogP contribution is 2.29. The first-order valence-electron chi connectivity index (χ1n) is 8.64. The van der Waals surface area contributed by atoms with Gasteiger partial charge >= 0.3 is 0 Å². The van der Waals surface area contributed by atoms with Crippen LogP contribution in [0.25, 0.3) is 22.4 Å². The predicted molar refractivity (Wildman–Crippen MR) is 105 cm³/mol. The van der Waals surface area contributed by atoms with Crippen molar-refractivity contribution in [3.63, 3.8) is 0 Å². The van der Waals surface area contributed by atoms with E-state index in [4.69, 9.17) is 4.42 Å². The lowest BCUT2D eigenvalue weighted by molar-refractivity contribution is -0.118. The van der Waals surface area contributed by atoms with Gasteiger partial charge in [0.25, 0.3) is 11.1 Å². The summed E-state index contributed by atoms with van der Waals surface area (Å²) in [6.07, 6.45) is 1.82. The van der Waals surface area contributed by atoms with Crippen molar-refractivity contribution in [2.45, 2.75) is 18.7 Å². The summed E-state index contributed by atoms with van der Waals surface area (Å²) in [6, 6.07) is 12.6. The Morgan fingerprint density at radius 2 is 2.11 bits per heavy atom. The molecule has 1 amide bonds. The topological polar surface area (TPSA) is 83.8 Å². The van der Waals surface area contributed by atoms with Gasteiger partial charge in [-0.1, -0.05) is 42.1 Å². The smallest absolute Gasteiger partial charge is 0.277 e. The Morgan fingerprint density at radius 3 is 2.96 bits per heavy atom. The lowest BCUT2D eigenvalue weighted by atomic mass is 10.1. The van der Waals surface area contributed by atoms with E-state index in [1.165, 1.54) is 17.8 Å². The van der Waals surface area contributed by atoms with Gasteiger partial charge < -0.3 is 14.7 Å². The van der Waals surface area contributed by atoms with Crippen molar-refractivity contribution in [3.8, 4) is 11.5 Å². The summed E-state index contributed by atoms with van der Waals surface area (Å²) in [5, 5.41) is 12.2. The van der Waals surface area contributed by atoms with E-state index < -0.39 is 0 Å². The molecule has 0 bridgehead atoms. The Labute approximate surface area is 164 Å². The third-order valence-electron chi connectivity index (χ3n) is 4.26. The maximum absolute atomic E-state index is 13.3. The van der Waals surface area contributed by atoms with Crippen LogP contribution in [0.2, 0.25) is 0 Å². The highest BCUT2D eigenvalue weighted by Gasteiger charge is 2.14. The Morgan fingerprint density at radius 1 is 1.25 bits per heavy atom. The molecule has 2 aromatic carbocycles. The average Bonchev–Trinajstić information content (AvgIpc) is 3.34. The molecule has 4 rings (SSSR count). The number of hydrogen-bond acceptors (Lipinski definition) is 5. The lowest BCUT2D eigenvalue weighted by Crippen LogP contribution is -2.24. The van der Waals surface area contributed by atoms with Crippen molar-refractivity contribution in [1.29, 1.82) is 0 Å². The predicted octanol–water partition coefficient (Wildman–Crippen LogP) is 4.07. The molecule has 0 spiro atoms. The summed E-state index contributed by atoms with van der Waals surface area (Å²) in [4.78, 5) is 15.2. The SMILES string of the molecule is Cc1cc(CNC(=O)CSc2nnc(-c3c[nH]c4ccccc34)o2)ccc1F. The quantitative estimate of drug-likeness (QED) is 0.480. The highest BCUT2D eigenvalue weighted by atomic mass is 32.2. The second kappa shape index (κ2) is 7.85. The highest BCUT2D eigenvalue weighted by molar-refractivity contribution is 7.99. The van der Waals surface area contributed by atoms with E-state index in [9.17, 15) is 9.18 Å². The van der Waals surface area contributed by atoms with Crippen molar-refractivity contribution in [3.05, 3.63) is 65.6 Å². The zero-order chi connectivity index (χ0) is 19.5. The number of benzene rings is 2. The summed E-state index contributed by atoms with van der Waals surface area (Å²) in [5.41, 5.74) is 3.21. The molecule has 8 heteroatoms. The van der Waals surface area contributed by atoms with Crippen LogP contribution in [0.15, 0.2) is 58.3 Å². The van der Waals surface area contributed by atoms with Gasteiger partial charge in [-0.05, 0) is 30.2 Å². The Balaban J connectivity index is 1.34. The molecule has 0 atom stereocenters. The van der Waals surface area contributed by atoms with Gasteiger partial charge in [0, 0.05) is 23.6 Å². The molecule has 0 aliphatic rings. The summed E-state index contributed by atoms with van der Waals surface area (Å²) < 4.78 is 19.0. The molecule has 4 aromatic rings. The minimum atomic E-state index is -0.256. The van der Waals surface area contributed by atoms with Crippen LogP contribution in [-0.2, 0) is 11.3 Å². The van der Waals surface area contributed by atoms with Gasteiger partial charge in [-0.25, -0.2) is 4.39 Å². The van der Waals surface area contributed by atoms with Gasteiger partial charge in [-0.2, -0.15) is 0 Å². The van der Waals surface area contributed by atoms with Gasteiger partial charge in [-0.3, -0.25) is 4.79 Å². The number of aryl methyl sites for hydroxylation is 1. The van der Waals surface area contributed by atoms with E-state index in [-0.39, 0.29) is 17.5 Å². The van der Waals surface area contributed by atoms with Crippen LogP contribution in [0.5, 0.6) is 0 Å². The normalized spacial score (nSPS) is 11.1. The lowest BCUT2D eigenvalue weighted by Gasteiger charge is -2.05. The minimum absolute atomic E-state index is 0.149. The molecule has 0 saturated heterocycles. The van der Waals surface area contributed by atoms with Gasteiger partial charge in [0.2, 0.25) is 5.91 Å². The number of para-hydroxylation sites is 1. The van der Waals surface area contributed by atoms with E-state index in [0.717, 1.165) is 22.0 Å². The van der Waals surface area contributed by atoms with Crippen LogP contribution < -0.4 is 5.32 Å². The van der Waals surface area contributed by atoms with E-state index in [1.54, 1.807) is 19.1 Å². The molecule has 0 radical (unpaired) electrons. The molecule has 2 aromatic heterocycles. The zero-order valence-corrected chi connectivity index (χ0v) is 15.8. The molecule has 0 fully saturated rings. The molecule has 2 heterocycles. The molecule has 0 saturated carbocycles. The number of hydrogen-bond donors (Lipinski definition) is 2. The number of H-pyrrole nitrogens is 1. The summed E-state index contributed by atoms with van der Waals surface area (Å²) in [7, 11) is 0. The van der Waals surface area contributed by atoms with Crippen molar-refractivity contribution in [2.24, 2.45) is 0 Å². The molecule has 142 valence electrons. The van der Waals surface area contributed by atoms with Crippen molar-refractivity contribution in [2.75, 3.05) is 5.75 Å². The number of carbonyl (C=O) groups excluding carboxylic acids is 1. The molecule has 0 unspecified atom stereocenters. The standard InChI is InChI=1S/C20H17FN4O2S/c1-12-8-13(6-7-16(12)21)9-23-18(26)11-28-20-25-24-19(27-20)15-10-22-17-5-3-2-4-14(15)17/h2-8,10,22H,9,11H2,1H3,(H,23,26). The number of fused-ring (bicyclic) bond motifs is 1. The number of rotatable bonds is 6. The van der Waals surface area contributed by atoms with Crippen LogP contribution >= 0.6 is 11.8 Å². The first kappa shape index (κ1) is 18.2. The molecule has 28 heavy (non-hydrogen) atoms. The van der Waals surface area contributed by atoms with Gasteiger partial charge in [0.05, 0.1) is 11.3 Å². The van der Waals surface area contributed by atoms with Crippen LogP contribution in [0.3, 0.4) is 0 Å². The minimum Gasteiger partial charge on any atom is -0.411 e. The monoisotopic (exact) mass is 396 g/mol. The fourth-order valence-corrected chi connectivity index (χ4v) is 3.41. The zero-order valence-electron chi connectivity index (χ0n) is 15.0. The molecule has 2 N–H and O–H groups in total. The number of thioether (sulfide) groups is 1. The number of nitrogens with one attached hydrogen (secondary N) is 2. The third-order valence-corrected chi connectivity index (χ3v) is 5.08. The second-order valence-electron chi connectivity index (χ2n) is 6.27. The van der Waals surface area contributed by atoms with Crippen molar-refractivity contribution in [1.82, 2.24) is 20.5 Å². The third kappa shape index (κ3) is 3.91. The molecule has 6 nitrogen and oxygen atoms in total. The van der Waals surface area contributed by atoms with Crippen molar-refractivity contribution >= 4 is 28.6 Å². The van der Waals surface area contributed by atoms with E-state index in [1.807, 2.05) is 30.5 Å². The maximum Gasteiger partial charge on any atom is 0.277 e. The molecular weight excluding hydrogens is 379 g/mol. The number of halogens is 1. The summed E-state index contributed by atoms with van der Waals surface area (Å²) >= 11 is 1.17. The molecule has 0 aliphatic heterocycles. The average molecular weight is 396 g/mol. The fourth-order valence-electron chi connectivity index (χ4n) is 2.82. The largest absolute Gasteiger partial charge is 0.411 e.